The number of nitrogens with two attached hydrogens (primary N) is 3. The first-order valence-corrected chi connectivity index (χ1v) is 5.88. The molecule has 1 aliphatic rings. The first-order chi connectivity index (χ1) is 8.65. The Hall–Kier alpha value is -2.24. The van der Waals surface area contributed by atoms with E-state index in [1.54, 1.807) is 0 Å². The number of nitrogen functional groups attached to an aromatic ring is 1. The summed E-state index contributed by atoms with van der Waals surface area (Å²) < 4.78 is 0. The van der Waals surface area contributed by atoms with Gasteiger partial charge in [0.2, 0.25) is 5.96 Å². The van der Waals surface area contributed by atoms with Crippen LogP contribution in [0.3, 0.4) is 0 Å². The zero-order valence-electron chi connectivity index (χ0n) is 10.2. The van der Waals surface area contributed by atoms with Crippen LogP contribution in [-0.2, 0) is 6.54 Å². The van der Waals surface area contributed by atoms with Gasteiger partial charge in [0, 0.05) is 18.8 Å². The number of benzene rings is 1. The summed E-state index contributed by atoms with van der Waals surface area (Å²) in [5.41, 5.74) is 18.8. The molecule has 1 aromatic rings. The third-order valence-corrected chi connectivity index (χ3v) is 2.81. The molecule has 0 saturated carbocycles. The van der Waals surface area contributed by atoms with Crippen LogP contribution in [-0.4, -0.2) is 29.9 Å². The molecule has 0 amide bonds. The normalized spacial score (nSPS) is 16.6. The minimum atomic E-state index is 0.205. The van der Waals surface area contributed by atoms with Crippen LogP contribution in [0.25, 0.3) is 0 Å². The molecule has 6 heteroatoms. The van der Waals surface area contributed by atoms with Gasteiger partial charge in [-0.15, -0.1) is 0 Å². The summed E-state index contributed by atoms with van der Waals surface area (Å²) in [6.07, 6.45) is 1.15. The van der Waals surface area contributed by atoms with E-state index in [9.17, 15) is 0 Å². The predicted molar refractivity (Wildman–Crippen MR) is 74.0 cm³/mol. The van der Waals surface area contributed by atoms with Gasteiger partial charge in [-0.25, -0.2) is 4.99 Å². The molecule has 1 heterocycles. The van der Waals surface area contributed by atoms with E-state index in [1.165, 1.54) is 0 Å². The number of aliphatic imine (C=N–C) groups is 2. The quantitative estimate of drug-likeness (QED) is 0.391. The largest absolute Gasteiger partial charge is 0.399 e. The Labute approximate surface area is 106 Å². The Morgan fingerprint density at radius 1 is 1.17 bits per heavy atom. The molecule has 2 rings (SSSR count). The lowest BCUT2D eigenvalue weighted by atomic mass is 10.2. The zero-order valence-corrected chi connectivity index (χ0v) is 10.2. The van der Waals surface area contributed by atoms with E-state index in [1.807, 2.05) is 29.2 Å². The maximum atomic E-state index is 5.77. The Morgan fingerprint density at radius 3 is 2.39 bits per heavy atom. The molecule has 1 saturated heterocycles. The number of nitrogens with zero attached hydrogens (tertiary/aromatic N) is 3. The average Bonchev–Trinajstić information content (AvgIpc) is 2.25. The lowest BCUT2D eigenvalue weighted by Gasteiger charge is -2.31. The molecular formula is C12H18N6. The fourth-order valence-electron chi connectivity index (χ4n) is 1.56. The Bertz CT molecular complexity index is 458. The summed E-state index contributed by atoms with van der Waals surface area (Å²) >= 11 is 0. The first-order valence-electron chi connectivity index (χ1n) is 5.88. The molecule has 6 nitrogen and oxygen atoms in total. The van der Waals surface area contributed by atoms with Crippen molar-refractivity contribution in [2.45, 2.75) is 13.0 Å². The van der Waals surface area contributed by atoms with Crippen molar-refractivity contribution >= 4 is 17.6 Å². The van der Waals surface area contributed by atoms with E-state index >= 15 is 0 Å². The van der Waals surface area contributed by atoms with Crippen LogP contribution in [0.5, 0.6) is 0 Å². The van der Waals surface area contributed by atoms with Gasteiger partial charge in [-0.3, -0.25) is 0 Å². The Kier molecular flexibility index (Phi) is 3.66. The highest BCUT2D eigenvalue weighted by Crippen LogP contribution is 2.07. The van der Waals surface area contributed by atoms with Crippen LogP contribution >= 0.6 is 0 Å². The van der Waals surface area contributed by atoms with Crippen molar-refractivity contribution in [1.29, 1.82) is 0 Å². The standard InChI is InChI=1S/C12H18N6/c13-10-4-2-9(3-5-10)8-16-11(14)17-12(15)18-6-1-7-18/h2-5H,1,6-8,13H2,(H4,14,15,16,17). The third kappa shape index (κ3) is 3.13. The maximum Gasteiger partial charge on any atom is 0.218 e. The number of guanidine groups is 2. The van der Waals surface area contributed by atoms with Gasteiger partial charge in [-0.1, -0.05) is 12.1 Å². The summed E-state index contributed by atoms with van der Waals surface area (Å²) in [6.45, 7) is 2.37. The van der Waals surface area contributed by atoms with Crippen molar-refractivity contribution in [3.63, 3.8) is 0 Å². The average molecular weight is 246 g/mol. The summed E-state index contributed by atoms with van der Waals surface area (Å²) in [7, 11) is 0. The highest BCUT2D eigenvalue weighted by molar-refractivity contribution is 5.93. The molecule has 1 fully saturated rings. The van der Waals surface area contributed by atoms with E-state index in [4.69, 9.17) is 17.2 Å². The molecule has 18 heavy (non-hydrogen) atoms. The van der Waals surface area contributed by atoms with Crippen molar-refractivity contribution in [3.8, 4) is 0 Å². The van der Waals surface area contributed by atoms with E-state index in [2.05, 4.69) is 9.98 Å². The SMILES string of the molecule is NC(=NCc1ccc(N)cc1)/N=C(\N)N1CCC1. The fourth-order valence-corrected chi connectivity index (χ4v) is 1.56. The van der Waals surface area contributed by atoms with Crippen molar-refractivity contribution in [2.24, 2.45) is 21.5 Å². The van der Waals surface area contributed by atoms with Crippen LogP contribution in [0.2, 0.25) is 0 Å². The highest BCUT2D eigenvalue weighted by atomic mass is 15.3. The number of rotatable bonds is 2. The van der Waals surface area contributed by atoms with Crippen molar-refractivity contribution in [1.82, 2.24) is 4.90 Å². The van der Waals surface area contributed by atoms with Crippen LogP contribution in [0, 0.1) is 0 Å². The monoisotopic (exact) mass is 246 g/mol. The van der Waals surface area contributed by atoms with Crippen molar-refractivity contribution in [3.05, 3.63) is 29.8 Å². The molecular weight excluding hydrogens is 228 g/mol. The van der Waals surface area contributed by atoms with E-state index in [-0.39, 0.29) is 5.96 Å². The van der Waals surface area contributed by atoms with Crippen LogP contribution < -0.4 is 17.2 Å². The number of hydrogen-bond acceptors (Lipinski definition) is 2. The topological polar surface area (TPSA) is 106 Å². The maximum absolute atomic E-state index is 5.77. The van der Waals surface area contributed by atoms with Gasteiger partial charge in [0.05, 0.1) is 6.54 Å². The molecule has 0 radical (unpaired) electrons. The molecule has 0 aromatic heterocycles. The second kappa shape index (κ2) is 5.39. The van der Waals surface area contributed by atoms with E-state index in [0.717, 1.165) is 30.8 Å². The summed E-state index contributed by atoms with van der Waals surface area (Å²) in [4.78, 5) is 10.2. The zero-order chi connectivity index (χ0) is 13.0. The van der Waals surface area contributed by atoms with Crippen molar-refractivity contribution in [2.75, 3.05) is 18.8 Å². The molecule has 0 bridgehead atoms. The van der Waals surface area contributed by atoms with Gasteiger partial charge >= 0.3 is 0 Å². The second-order valence-corrected chi connectivity index (χ2v) is 4.23. The summed E-state index contributed by atoms with van der Waals surface area (Å²) in [5.74, 6) is 0.649. The lowest BCUT2D eigenvalue weighted by molar-refractivity contribution is 0.297. The van der Waals surface area contributed by atoms with Gasteiger partial charge in [-0.05, 0) is 24.1 Å². The molecule has 96 valence electrons. The van der Waals surface area contributed by atoms with E-state index in [0.29, 0.717) is 12.5 Å². The summed E-state index contributed by atoms with van der Waals surface area (Å²) in [6, 6.07) is 7.49. The summed E-state index contributed by atoms with van der Waals surface area (Å²) in [5, 5.41) is 0. The van der Waals surface area contributed by atoms with Crippen molar-refractivity contribution < 1.29 is 0 Å². The molecule has 0 spiro atoms. The van der Waals surface area contributed by atoms with Crippen LogP contribution in [0.15, 0.2) is 34.3 Å². The molecule has 0 aliphatic carbocycles. The predicted octanol–water partition coefficient (Wildman–Crippen LogP) is 0.104. The number of anilines is 1. The minimum Gasteiger partial charge on any atom is -0.399 e. The Morgan fingerprint density at radius 2 is 1.83 bits per heavy atom. The smallest absolute Gasteiger partial charge is 0.218 e. The molecule has 6 N–H and O–H groups in total. The van der Waals surface area contributed by atoms with Gasteiger partial charge in [0.1, 0.15) is 0 Å². The highest BCUT2D eigenvalue weighted by Gasteiger charge is 2.15. The third-order valence-electron chi connectivity index (χ3n) is 2.81. The lowest BCUT2D eigenvalue weighted by Crippen LogP contribution is -2.47. The molecule has 0 atom stereocenters. The number of hydrogen-bond donors (Lipinski definition) is 3. The van der Waals surface area contributed by atoms with Crippen LogP contribution in [0.1, 0.15) is 12.0 Å². The molecule has 1 aromatic carbocycles. The second-order valence-electron chi connectivity index (χ2n) is 4.23. The number of likely N-dealkylation sites (tertiary alicyclic amines) is 1. The van der Waals surface area contributed by atoms with Gasteiger partial charge in [0.25, 0.3) is 0 Å². The fraction of sp³-hybridized carbons (Fsp3) is 0.333. The van der Waals surface area contributed by atoms with E-state index < -0.39 is 0 Å². The van der Waals surface area contributed by atoms with Gasteiger partial charge in [0.15, 0.2) is 5.96 Å². The Balaban J connectivity index is 1.93. The van der Waals surface area contributed by atoms with Gasteiger partial charge < -0.3 is 22.1 Å². The van der Waals surface area contributed by atoms with Crippen LogP contribution in [0.4, 0.5) is 5.69 Å². The molecule has 0 unspecified atom stereocenters. The first kappa shape index (κ1) is 12.2. The van der Waals surface area contributed by atoms with Gasteiger partial charge in [-0.2, -0.15) is 4.99 Å². The molecule has 1 aliphatic heterocycles. The minimum absolute atomic E-state index is 0.205.